The van der Waals surface area contributed by atoms with E-state index in [-0.39, 0.29) is 12.5 Å². The molecule has 0 aliphatic carbocycles. The number of aromatic nitrogens is 1. The Labute approximate surface area is 157 Å². The highest BCUT2D eigenvalue weighted by molar-refractivity contribution is 6.64. The van der Waals surface area contributed by atoms with Gasteiger partial charge < -0.3 is 21.3 Å². The molecule has 0 fully saturated rings. The highest BCUT2D eigenvalue weighted by Gasteiger charge is 2.25. The topological polar surface area (TPSA) is 100 Å². The second-order valence-electron chi connectivity index (χ2n) is 6.78. The first kappa shape index (κ1) is 17.7. The van der Waals surface area contributed by atoms with E-state index in [0.29, 0.717) is 6.54 Å². The molecule has 1 aliphatic rings. The third kappa shape index (κ3) is 3.57. The van der Waals surface area contributed by atoms with Gasteiger partial charge in [-0.3, -0.25) is 9.78 Å². The zero-order valence-corrected chi connectivity index (χ0v) is 14.9. The molecule has 1 aromatic heterocycles. The Balaban J connectivity index is 1.57. The van der Waals surface area contributed by atoms with Crippen LogP contribution in [0.4, 0.5) is 5.69 Å². The maximum absolute atomic E-state index is 12.8. The lowest BCUT2D eigenvalue weighted by Gasteiger charge is -2.22. The average Bonchev–Trinajstić information content (AvgIpc) is 2.68. The molecule has 0 radical (unpaired) electrons. The van der Waals surface area contributed by atoms with Crippen LogP contribution < -0.4 is 21.7 Å². The molecule has 1 amide bonds. The molecule has 0 bridgehead atoms. The van der Waals surface area contributed by atoms with Gasteiger partial charge in [-0.15, -0.1) is 0 Å². The number of benzene rings is 2. The van der Waals surface area contributed by atoms with E-state index in [1.165, 1.54) is 0 Å². The summed E-state index contributed by atoms with van der Waals surface area (Å²) in [5.41, 5.74) is 9.45. The van der Waals surface area contributed by atoms with E-state index in [0.717, 1.165) is 39.5 Å². The fraction of sp³-hybridized carbons (Fsp3) is 0.200. The zero-order chi connectivity index (χ0) is 18.8. The first-order valence-corrected chi connectivity index (χ1v) is 9.04. The molecule has 0 saturated heterocycles. The van der Waals surface area contributed by atoms with E-state index in [9.17, 15) is 9.82 Å². The molecule has 2 heterocycles. The number of fused-ring (bicyclic) bond motifs is 2. The van der Waals surface area contributed by atoms with Gasteiger partial charge in [0, 0.05) is 30.0 Å². The summed E-state index contributed by atoms with van der Waals surface area (Å²) < 4.78 is 0. The van der Waals surface area contributed by atoms with Crippen molar-refractivity contribution < 1.29 is 9.82 Å². The lowest BCUT2D eigenvalue weighted by molar-refractivity contribution is -0.117. The van der Waals surface area contributed by atoms with Crippen LogP contribution in [0.1, 0.15) is 17.0 Å². The molecule has 1 aliphatic heterocycles. The maximum Gasteiger partial charge on any atom is 0.413 e. The summed E-state index contributed by atoms with van der Waals surface area (Å²) in [5, 5.41) is 18.0. The smallest absolute Gasteiger partial charge is 0.413 e. The van der Waals surface area contributed by atoms with Gasteiger partial charge in [-0.1, -0.05) is 24.3 Å². The minimum atomic E-state index is -0.653. The fourth-order valence-corrected chi connectivity index (χ4v) is 3.56. The van der Waals surface area contributed by atoms with E-state index in [2.05, 4.69) is 15.5 Å². The maximum atomic E-state index is 12.8. The number of nitrogens with one attached hydrogen (secondary N) is 2. The van der Waals surface area contributed by atoms with E-state index < -0.39 is 13.0 Å². The van der Waals surface area contributed by atoms with E-state index >= 15 is 0 Å². The van der Waals surface area contributed by atoms with Crippen molar-refractivity contribution in [3.8, 4) is 0 Å². The molecule has 136 valence electrons. The Kier molecular flexibility index (Phi) is 4.89. The van der Waals surface area contributed by atoms with Crippen LogP contribution >= 0.6 is 0 Å². The van der Waals surface area contributed by atoms with Gasteiger partial charge in [-0.25, -0.2) is 0 Å². The molecule has 3 aromatic rings. The molecule has 1 atom stereocenters. The number of carbonyl (C=O) groups is 1. The van der Waals surface area contributed by atoms with Crippen LogP contribution in [0.2, 0.25) is 0 Å². The third-order valence-corrected chi connectivity index (χ3v) is 5.06. The van der Waals surface area contributed by atoms with Crippen LogP contribution in [0.3, 0.4) is 0 Å². The number of hydrogen-bond donors (Lipinski definition) is 4. The zero-order valence-electron chi connectivity index (χ0n) is 14.9. The van der Waals surface area contributed by atoms with Gasteiger partial charge in [0.2, 0.25) is 5.91 Å². The lowest BCUT2D eigenvalue weighted by atomic mass is 9.67. The summed E-state index contributed by atoms with van der Waals surface area (Å²) in [4.78, 5) is 16.9. The number of amides is 1. The van der Waals surface area contributed by atoms with Crippen molar-refractivity contribution in [2.24, 2.45) is 5.73 Å². The molecule has 5 N–H and O–H groups in total. The number of nitrogens with zero attached hydrogens (tertiary/aromatic N) is 1. The Morgan fingerprint density at radius 1 is 1.26 bits per heavy atom. The number of nitrogens with two attached hydrogens (primary N) is 1. The quantitative estimate of drug-likeness (QED) is 0.515. The Bertz CT molecular complexity index is 995. The molecule has 0 saturated carbocycles. The van der Waals surface area contributed by atoms with E-state index in [4.69, 9.17) is 5.73 Å². The number of anilines is 1. The normalized spacial score (nSPS) is 14.7. The fourth-order valence-electron chi connectivity index (χ4n) is 3.56. The van der Waals surface area contributed by atoms with Gasteiger partial charge >= 0.3 is 7.05 Å². The Morgan fingerprint density at radius 3 is 3.00 bits per heavy atom. The predicted octanol–water partition coefficient (Wildman–Crippen LogP) is 0.749. The molecule has 0 spiro atoms. The second kappa shape index (κ2) is 7.48. The SMILES string of the molecule is NCC(C(=O)Nc1ccc2cnccc2c1)c1ccc2c(c1)CCNB2O. The summed E-state index contributed by atoms with van der Waals surface area (Å²) in [6.45, 7) is 0.923. The number of hydrogen-bond acceptors (Lipinski definition) is 5. The monoisotopic (exact) mass is 360 g/mol. The van der Waals surface area contributed by atoms with Crippen molar-refractivity contribution in [2.75, 3.05) is 18.4 Å². The van der Waals surface area contributed by atoms with Crippen LogP contribution in [-0.2, 0) is 11.2 Å². The molecule has 6 nitrogen and oxygen atoms in total. The summed E-state index contributed by atoms with van der Waals surface area (Å²) in [7, 11) is -0.653. The summed E-state index contributed by atoms with van der Waals surface area (Å²) >= 11 is 0. The van der Waals surface area contributed by atoms with Crippen molar-refractivity contribution in [3.63, 3.8) is 0 Å². The highest BCUT2D eigenvalue weighted by Crippen LogP contribution is 2.22. The van der Waals surface area contributed by atoms with Crippen LogP contribution in [-0.4, -0.2) is 36.1 Å². The number of pyridine rings is 1. The summed E-state index contributed by atoms with van der Waals surface area (Å²) in [5.74, 6) is -0.587. The minimum Gasteiger partial charge on any atom is -0.433 e. The molecule has 1 unspecified atom stereocenters. The van der Waals surface area contributed by atoms with Gasteiger partial charge in [0.05, 0.1) is 5.92 Å². The molecular formula is C20H21BN4O2. The van der Waals surface area contributed by atoms with Crippen molar-refractivity contribution >= 4 is 34.9 Å². The van der Waals surface area contributed by atoms with Gasteiger partial charge in [0.15, 0.2) is 0 Å². The van der Waals surface area contributed by atoms with E-state index in [1.807, 2.05) is 42.5 Å². The van der Waals surface area contributed by atoms with Crippen LogP contribution in [0.15, 0.2) is 54.9 Å². The van der Waals surface area contributed by atoms with Gasteiger partial charge in [0.25, 0.3) is 0 Å². The first-order chi connectivity index (χ1) is 13.2. The van der Waals surface area contributed by atoms with Crippen molar-refractivity contribution in [2.45, 2.75) is 12.3 Å². The van der Waals surface area contributed by atoms with Crippen LogP contribution in [0.25, 0.3) is 10.8 Å². The number of carbonyl (C=O) groups excluding carboxylic acids is 1. The van der Waals surface area contributed by atoms with Crippen molar-refractivity contribution in [3.05, 3.63) is 66.0 Å². The molecule has 7 heteroatoms. The van der Waals surface area contributed by atoms with Crippen molar-refractivity contribution in [1.82, 2.24) is 10.2 Å². The van der Waals surface area contributed by atoms with Gasteiger partial charge in [-0.2, -0.15) is 0 Å². The first-order valence-electron chi connectivity index (χ1n) is 9.04. The summed E-state index contributed by atoms with van der Waals surface area (Å²) in [6, 6.07) is 13.4. The Hall–Kier alpha value is -2.74. The van der Waals surface area contributed by atoms with Gasteiger partial charge in [-0.05, 0) is 53.1 Å². The average molecular weight is 360 g/mol. The molecule has 4 rings (SSSR count). The largest absolute Gasteiger partial charge is 0.433 e. The molecule has 27 heavy (non-hydrogen) atoms. The lowest BCUT2D eigenvalue weighted by Crippen LogP contribution is -2.51. The minimum absolute atomic E-state index is 0.139. The van der Waals surface area contributed by atoms with E-state index in [1.54, 1.807) is 12.4 Å². The van der Waals surface area contributed by atoms with Gasteiger partial charge in [0.1, 0.15) is 0 Å². The standard InChI is InChI=1S/C20H21BN4O2/c22-11-18(14-2-4-19-15(9-14)6-8-24-21(19)27)20(26)25-17-3-1-16-12-23-7-5-13(16)10-17/h1-5,7,9-10,12,18,24,27H,6,8,11,22H2,(H,25,26). The summed E-state index contributed by atoms with van der Waals surface area (Å²) in [6.07, 6.45) is 4.34. The van der Waals surface area contributed by atoms with Crippen molar-refractivity contribution in [1.29, 1.82) is 0 Å². The second-order valence-corrected chi connectivity index (χ2v) is 6.78. The predicted molar refractivity (Wildman–Crippen MR) is 108 cm³/mol. The number of rotatable bonds is 4. The van der Waals surface area contributed by atoms with Crippen LogP contribution in [0, 0.1) is 0 Å². The highest BCUT2D eigenvalue weighted by atomic mass is 16.2. The molecule has 2 aromatic carbocycles. The molecular weight excluding hydrogens is 339 g/mol. The van der Waals surface area contributed by atoms with Crippen LogP contribution in [0.5, 0.6) is 0 Å². The third-order valence-electron chi connectivity index (χ3n) is 5.06. The Morgan fingerprint density at radius 2 is 2.15 bits per heavy atom.